The van der Waals surface area contributed by atoms with Gasteiger partial charge in [-0.3, -0.25) is 19.2 Å². The quantitative estimate of drug-likeness (QED) is 0.367. The number of alkyl halides is 1. The highest BCUT2D eigenvalue weighted by molar-refractivity contribution is 7.13. The van der Waals surface area contributed by atoms with Gasteiger partial charge in [-0.25, -0.2) is 9.37 Å². The summed E-state index contributed by atoms with van der Waals surface area (Å²) in [6, 6.07) is 3.65. The van der Waals surface area contributed by atoms with Gasteiger partial charge in [-0.05, 0) is 62.5 Å². The standard InChI is InChI=1S/C26H33FN4O4S.C6H10O2/c1-15-20(36-14-29-15)16-7-8-17(19(32)12-16)13-28-22(33)18-6-5-11-31(18)23(34)21(25(2,3)4)30-24(35)26(27)9-10-26;1-8-6(7)5-3-2-4-5/h7-8,12,14,18,21,32H,5-6,9-11,13H2,1-4H3,(H,28,33)(H,30,35);5H,2-4H2,1H3. The number of amides is 3. The second kappa shape index (κ2) is 13.6. The van der Waals surface area contributed by atoms with E-state index in [0.717, 1.165) is 29.0 Å². The minimum atomic E-state index is -1.89. The monoisotopic (exact) mass is 630 g/mol. The zero-order valence-electron chi connectivity index (χ0n) is 26.1. The van der Waals surface area contributed by atoms with Crippen molar-refractivity contribution in [3.05, 3.63) is 35.0 Å². The van der Waals surface area contributed by atoms with Crippen LogP contribution < -0.4 is 10.6 Å². The highest BCUT2D eigenvalue weighted by atomic mass is 32.1. The molecule has 44 heavy (non-hydrogen) atoms. The van der Waals surface area contributed by atoms with Crippen molar-refractivity contribution in [2.24, 2.45) is 11.3 Å². The molecule has 3 aliphatic rings. The zero-order chi connectivity index (χ0) is 32.2. The van der Waals surface area contributed by atoms with Gasteiger partial charge >= 0.3 is 5.97 Å². The molecule has 2 atom stereocenters. The van der Waals surface area contributed by atoms with E-state index < -0.39 is 29.1 Å². The third kappa shape index (κ3) is 7.75. The van der Waals surface area contributed by atoms with Gasteiger partial charge in [0.2, 0.25) is 11.8 Å². The second-order valence-corrected chi connectivity index (χ2v) is 13.8. The van der Waals surface area contributed by atoms with Crippen LogP contribution in [0.5, 0.6) is 5.75 Å². The van der Waals surface area contributed by atoms with Crippen LogP contribution in [0.25, 0.3) is 10.4 Å². The van der Waals surface area contributed by atoms with Crippen molar-refractivity contribution >= 4 is 35.0 Å². The number of aromatic nitrogens is 1. The van der Waals surface area contributed by atoms with Gasteiger partial charge in [0.05, 0.1) is 29.1 Å². The molecule has 1 saturated heterocycles. The highest BCUT2D eigenvalue weighted by Gasteiger charge is 2.53. The van der Waals surface area contributed by atoms with E-state index in [4.69, 9.17) is 0 Å². The van der Waals surface area contributed by atoms with Crippen LogP contribution in [0.2, 0.25) is 0 Å². The molecule has 5 rings (SSSR count). The maximum atomic E-state index is 14.3. The number of phenolic OH excluding ortho intramolecular Hbond substituents is 1. The van der Waals surface area contributed by atoms with E-state index in [1.54, 1.807) is 38.4 Å². The van der Waals surface area contributed by atoms with Crippen LogP contribution in [0.3, 0.4) is 0 Å². The zero-order valence-corrected chi connectivity index (χ0v) is 26.9. The number of carbonyl (C=O) groups is 4. The minimum absolute atomic E-state index is 0.0312. The lowest BCUT2D eigenvalue weighted by atomic mass is 9.85. The van der Waals surface area contributed by atoms with Crippen LogP contribution in [0.1, 0.15) is 77.0 Å². The lowest BCUT2D eigenvalue weighted by Gasteiger charge is -2.35. The van der Waals surface area contributed by atoms with E-state index in [1.165, 1.54) is 29.8 Å². The number of likely N-dealkylation sites (tertiary alicyclic amines) is 1. The minimum Gasteiger partial charge on any atom is -0.508 e. The first-order chi connectivity index (χ1) is 20.7. The number of aromatic hydroxyl groups is 1. The van der Waals surface area contributed by atoms with Crippen molar-refractivity contribution in [2.75, 3.05) is 13.7 Å². The van der Waals surface area contributed by atoms with Gasteiger partial charge in [0.25, 0.3) is 5.91 Å². The number of aryl methyl sites for hydroxylation is 1. The van der Waals surface area contributed by atoms with Gasteiger partial charge in [-0.1, -0.05) is 39.3 Å². The largest absolute Gasteiger partial charge is 0.508 e. The molecule has 2 aromatic rings. The average Bonchev–Trinajstić information content (AvgIpc) is 3.31. The number of halogens is 1. The Labute approximate surface area is 261 Å². The van der Waals surface area contributed by atoms with Gasteiger partial charge < -0.3 is 25.4 Å². The van der Waals surface area contributed by atoms with E-state index in [-0.39, 0.29) is 48.8 Å². The number of methoxy groups -OCH3 is 1. The predicted molar refractivity (Wildman–Crippen MR) is 164 cm³/mol. The van der Waals surface area contributed by atoms with Crippen LogP contribution in [0.4, 0.5) is 4.39 Å². The lowest BCUT2D eigenvalue weighted by Crippen LogP contribution is -2.58. The van der Waals surface area contributed by atoms with Gasteiger partial charge in [0, 0.05) is 18.7 Å². The number of hydrogen-bond donors (Lipinski definition) is 3. The van der Waals surface area contributed by atoms with Crippen LogP contribution in [-0.2, 0) is 30.5 Å². The summed E-state index contributed by atoms with van der Waals surface area (Å²) in [6.45, 7) is 7.81. The molecule has 3 N–H and O–H groups in total. The number of hydrogen-bond acceptors (Lipinski definition) is 8. The van der Waals surface area contributed by atoms with E-state index in [0.29, 0.717) is 24.9 Å². The predicted octanol–water partition coefficient (Wildman–Crippen LogP) is 4.42. The molecule has 1 aliphatic heterocycles. The SMILES string of the molecule is COC(=O)C1CCC1.Cc1ncsc1-c1ccc(CNC(=O)C2CCCN2C(=O)C(NC(=O)C2(F)CC2)C(C)(C)C)c(O)c1. The number of nitrogens with zero attached hydrogens (tertiary/aromatic N) is 2. The topological polar surface area (TPSA) is 138 Å². The number of rotatable bonds is 8. The summed E-state index contributed by atoms with van der Waals surface area (Å²) in [5.74, 6) is -1.20. The van der Waals surface area contributed by atoms with Gasteiger partial charge in [-0.2, -0.15) is 0 Å². The summed E-state index contributed by atoms with van der Waals surface area (Å²) in [5.41, 5.74) is 1.50. The molecular formula is C32H43FN4O6S. The van der Waals surface area contributed by atoms with Gasteiger partial charge in [0.15, 0.2) is 5.67 Å². The molecule has 2 unspecified atom stereocenters. The number of benzene rings is 1. The number of esters is 1. The average molecular weight is 631 g/mol. The molecule has 1 aromatic carbocycles. The summed E-state index contributed by atoms with van der Waals surface area (Å²) in [5, 5.41) is 16.0. The first-order valence-electron chi connectivity index (χ1n) is 15.1. The van der Waals surface area contributed by atoms with Crippen molar-refractivity contribution in [2.45, 2.75) is 96.9 Å². The Hall–Kier alpha value is -3.54. The smallest absolute Gasteiger partial charge is 0.308 e. The second-order valence-electron chi connectivity index (χ2n) is 12.9. The third-order valence-electron chi connectivity index (χ3n) is 8.51. The Kier molecular flexibility index (Phi) is 10.3. The first kappa shape index (κ1) is 33.4. The van der Waals surface area contributed by atoms with E-state index in [2.05, 4.69) is 20.4 Å². The normalized spacial score (nSPS) is 19.6. The van der Waals surface area contributed by atoms with Gasteiger partial charge in [0.1, 0.15) is 17.8 Å². The maximum Gasteiger partial charge on any atom is 0.308 e. The van der Waals surface area contributed by atoms with Crippen LogP contribution >= 0.6 is 11.3 Å². The van der Waals surface area contributed by atoms with Crippen molar-refractivity contribution in [1.29, 1.82) is 0 Å². The van der Waals surface area contributed by atoms with Crippen LogP contribution in [-0.4, -0.2) is 70.1 Å². The molecule has 0 bridgehead atoms. The Morgan fingerprint density at radius 3 is 2.39 bits per heavy atom. The summed E-state index contributed by atoms with van der Waals surface area (Å²) in [4.78, 5) is 56.2. The molecular weight excluding hydrogens is 587 g/mol. The summed E-state index contributed by atoms with van der Waals surface area (Å²) in [6.07, 6.45) is 4.73. The molecule has 12 heteroatoms. The van der Waals surface area contributed by atoms with Crippen molar-refractivity contribution in [3.63, 3.8) is 0 Å². The first-order valence-corrected chi connectivity index (χ1v) is 16.0. The summed E-state index contributed by atoms with van der Waals surface area (Å²) >= 11 is 1.49. The number of phenols is 1. The molecule has 0 spiro atoms. The van der Waals surface area contributed by atoms with E-state index in [1.807, 2.05) is 13.0 Å². The fourth-order valence-corrected chi connectivity index (χ4v) is 6.06. The van der Waals surface area contributed by atoms with Crippen molar-refractivity contribution in [3.8, 4) is 16.2 Å². The maximum absolute atomic E-state index is 14.3. The molecule has 0 radical (unpaired) electrons. The van der Waals surface area contributed by atoms with Crippen LogP contribution in [0, 0.1) is 18.3 Å². The molecule has 1 aromatic heterocycles. The lowest BCUT2D eigenvalue weighted by molar-refractivity contribution is -0.148. The Bertz CT molecular complexity index is 1380. The molecule has 240 valence electrons. The van der Waals surface area contributed by atoms with E-state index in [9.17, 15) is 28.7 Å². The molecule has 3 fully saturated rings. The Balaban J connectivity index is 0.000000479. The summed E-state index contributed by atoms with van der Waals surface area (Å²) < 4.78 is 18.8. The molecule has 2 saturated carbocycles. The highest BCUT2D eigenvalue weighted by Crippen LogP contribution is 2.40. The summed E-state index contributed by atoms with van der Waals surface area (Å²) in [7, 11) is 1.45. The Morgan fingerprint density at radius 1 is 1.18 bits per heavy atom. The number of ether oxygens (including phenoxy) is 1. The molecule has 10 nitrogen and oxygen atoms in total. The molecule has 2 heterocycles. The number of nitrogens with one attached hydrogen (secondary N) is 2. The fourth-order valence-electron chi connectivity index (χ4n) is 5.26. The van der Waals surface area contributed by atoms with Crippen molar-refractivity contribution < 1.29 is 33.4 Å². The molecule has 2 aliphatic carbocycles. The molecule has 3 amide bonds. The van der Waals surface area contributed by atoms with E-state index >= 15 is 0 Å². The number of carbonyl (C=O) groups excluding carboxylic acids is 4. The van der Waals surface area contributed by atoms with Crippen molar-refractivity contribution in [1.82, 2.24) is 20.5 Å². The number of thiazole rings is 1. The Morgan fingerprint density at radius 2 is 1.89 bits per heavy atom. The van der Waals surface area contributed by atoms with Gasteiger partial charge in [-0.15, -0.1) is 11.3 Å². The fraction of sp³-hybridized carbons (Fsp3) is 0.594. The third-order valence-corrected chi connectivity index (χ3v) is 9.49. The van der Waals surface area contributed by atoms with Crippen LogP contribution in [0.15, 0.2) is 23.7 Å².